The van der Waals surface area contributed by atoms with Gasteiger partial charge in [0.1, 0.15) is 18.0 Å². The highest BCUT2D eigenvalue weighted by Gasteiger charge is 2.44. The summed E-state index contributed by atoms with van der Waals surface area (Å²) in [5.41, 5.74) is 4.16. The van der Waals surface area contributed by atoms with Crippen LogP contribution in [0.3, 0.4) is 0 Å². The number of carbonyl (C=O) groups excluding carboxylic acids is 3. The van der Waals surface area contributed by atoms with Gasteiger partial charge < -0.3 is 20.6 Å². The number of alkyl halides is 1. The van der Waals surface area contributed by atoms with E-state index in [0.29, 0.717) is 0 Å². The lowest BCUT2D eigenvalue weighted by atomic mass is 9.85. The van der Waals surface area contributed by atoms with Gasteiger partial charge in [0.25, 0.3) is 0 Å². The summed E-state index contributed by atoms with van der Waals surface area (Å²) in [5.74, 6) is -1.50. The van der Waals surface area contributed by atoms with E-state index in [1.807, 2.05) is 64.4 Å². The number of hydrogen-bond donors (Lipinski definition) is 3. The number of halogens is 1. The van der Waals surface area contributed by atoms with Crippen LogP contribution in [0, 0.1) is 12.3 Å². The third-order valence-corrected chi connectivity index (χ3v) is 7.40. The third kappa shape index (κ3) is 6.39. The normalized spacial score (nSPS) is 19.8. The summed E-state index contributed by atoms with van der Waals surface area (Å²) in [6.07, 6.45) is -0.690. The molecule has 1 aliphatic rings. The summed E-state index contributed by atoms with van der Waals surface area (Å²) >= 11 is 7.21. The monoisotopic (exact) mass is 520 g/mol. The number of benzene rings is 1. The Hall–Kier alpha value is -2.49. The van der Waals surface area contributed by atoms with Crippen molar-refractivity contribution in [3.8, 4) is 10.4 Å². The molecular weight excluding hydrogens is 488 g/mol. The Labute approximate surface area is 215 Å². The van der Waals surface area contributed by atoms with Gasteiger partial charge in [-0.2, -0.15) is 0 Å². The second-order valence-corrected chi connectivity index (χ2v) is 11.1. The molecule has 0 spiro atoms. The summed E-state index contributed by atoms with van der Waals surface area (Å²) in [7, 11) is 0. The molecule has 1 aromatic carbocycles. The molecule has 4 atom stereocenters. The van der Waals surface area contributed by atoms with Crippen molar-refractivity contribution < 1.29 is 19.5 Å². The second kappa shape index (κ2) is 11.1. The Morgan fingerprint density at radius 3 is 2.43 bits per heavy atom. The van der Waals surface area contributed by atoms with Gasteiger partial charge in [-0.15, -0.1) is 22.9 Å². The zero-order valence-corrected chi connectivity index (χ0v) is 22.2. The van der Waals surface area contributed by atoms with Crippen molar-refractivity contribution in [3.63, 3.8) is 0 Å². The molecule has 0 saturated carbocycles. The molecule has 2 aromatic rings. The highest BCUT2D eigenvalue weighted by molar-refractivity contribution is 7.13. The number of aliphatic hydroxyl groups excluding tert-OH is 1. The van der Waals surface area contributed by atoms with Crippen molar-refractivity contribution in [1.82, 2.24) is 20.5 Å². The smallest absolute Gasteiger partial charge is 0.246 e. The first-order valence-corrected chi connectivity index (χ1v) is 13.0. The van der Waals surface area contributed by atoms with E-state index >= 15 is 0 Å². The zero-order valence-electron chi connectivity index (χ0n) is 20.7. The van der Waals surface area contributed by atoms with Gasteiger partial charge in [0.2, 0.25) is 17.7 Å². The van der Waals surface area contributed by atoms with Gasteiger partial charge in [0.05, 0.1) is 28.2 Å². The summed E-state index contributed by atoms with van der Waals surface area (Å²) in [5, 5.41) is 15.9. The van der Waals surface area contributed by atoms with Gasteiger partial charge in [0, 0.05) is 13.0 Å². The van der Waals surface area contributed by atoms with Crippen molar-refractivity contribution in [2.24, 2.45) is 5.41 Å². The van der Waals surface area contributed by atoms with Gasteiger partial charge in [-0.1, -0.05) is 45.0 Å². The van der Waals surface area contributed by atoms with Gasteiger partial charge >= 0.3 is 0 Å². The SMILES string of the molecule is Cc1ncsc1-c1ccc([C@H](C)NC(=O)C2C[C@@H](O)CN2C(=O)[C@@H](NC(=O)CCl)C(C)(C)C)cc1. The molecule has 10 heteroatoms. The lowest BCUT2D eigenvalue weighted by molar-refractivity contribution is -0.143. The molecule has 1 unspecified atom stereocenters. The minimum Gasteiger partial charge on any atom is -0.391 e. The molecule has 2 heterocycles. The van der Waals surface area contributed by atoms with Gasteiger partial charge in [-0.25, -0.2) is 4.98 Å². The highest BCUT2D eigenvalue weighted by Crippen LogP contribution is 2.29. The van der Waals surface area contributed by atoms with Crippen LogP contribution in [0.2, 0.25) is 0 Å². The first kappa shape index (κ1) is 27.1. The number of likely N-dealkylation sites (tertiary alicyclic amines) is 1. The average molecular weight is 521 g/mol. The van der Waals surface area contributed by atoms with Crippen LogP contribution < -0.4 is 10.6 Å². The number of hydrogen-bond acceptors (Lipinski definition) is 6. The molecule has 3 N–H and O–H groups in total. The van der Waals surface area contributed by atoms with Crippen LogP contribution in [-0.4, -0.2) is 63.3 Å². The molecule has 1 aliphatic heterocycles. The summed E-state index contributed by atoms with van der Waals surface area (Å²) in [6, 6.07) is 5.91. The number of carbonyl (C=O) groups is 3. The molecule has 35 heavy (non-hydrogen) atoms. The van der Waals surface area contributed by atoms with E-state index in [1.165, 1.54) is 4.90 Å². The molecule has 3 rings (SSSR count). The predicted molar refractivity (Wildman–Crippen MR) is 137 cm³/mol. The summed E-state index contributed by atoms with van der Waals surface area (Å²) in [6.45, 7) is 9.34. The molecule has 1 aromatic heterocycles. The zero-order chi connectivity index (χ0) is 25.9. The van der Waals surface area contributed by atoms with Gasteiger partial charge in [0.15, 0.2) is 0 Å². The first-order chi connectivity index (χ1) is 16.4. The molecule has 0 bridgehead atoms. The fourth-order valence-electron chi connectivity index (χ4n) is 4.22. The molecule has 190 valence electrons. The summed E-state index contributed by atoms with van der Waals surface area (Å²) in [4.78, 5) is 45.3. The van der Waals surface area contributed by atoms with E-state index in [-0.39, 0.29) is 30.8 Å². The van der Waals surface area contributed by atoms with Crippen LogP contribution in [-0.2, 0) is 14.4 Å². The number of aliphatic hydroxyl groups is 1. The van der Waals surface area contributed by atoms with E-state index < -0.39 is 35.4 Å². The Morgan fingerprint density at radius 2 is 1.89 bits per heavy atom. The van der Waals surface area contributed by atoms with Crippen LogP contribution >= 0.6 is 22.9 Å². The number of amides is 3. The standard InChI is InChI=1S/C25H33ClN4O4S/c1-14(16-6-8-17(9-7-16)21-15(2)27-13-35-21)28-23(33)19-10-18(31)12-30(19)24(34)22(25(3,4)5)29-20(32)11-26/h6-9,13-14,18-19,22,31H,10-12H2,1-5H3,(H,28,33)(H,29,32)/t14-,18+,19?,22+/m0/s1. The van der Waals surface area contributed by atoms with Gasteiger partial charge in [-0.3, -0.25) is 14.4 Å². The van der Waals surface area contributed by atoms with Crippen molar-refractivity contribution >= 4 is 40.7 Å². The topological polar surface area (TPSA) is 112 Å². The Balaban J connectivity index is 1.73. The lowest BCUT2D eigenvalue weighted by Gasteiger charge is -2.35. The second-order valence-electron chi connectivity index (χ2n) is 10.0. The predicted octanol–water partition coefficient (Wildman–Crippen LogP) is 3.03. The van der Waals surface area contributed by atoms with Crippen molar-refractivity contribution in [3.05, 3.63) is 41.0 Å². The maximum absolute atomic E-state index is 13.4. The van der Waals surface area contributed by atoms with Crippen molar-refractivity contribution in [1.29, 1.82) is 0 Å². The van der Waals surface area contributed by atoms with E-state index in [9.17, 15) is 19.5 Å². The van der Waals surface area contributed by atoms with Crippen LogP contribution in [0.25, 0.3) is 10.4 Å². The van der Waals surface area contributed by atoms with E-state index in [0.717, 1.165) is 21.7 Å². The number of β-amino-alcohol motifs (C(OH)–C–C–N with tert-alkyl or cyclic N) is 1. The van der Waals surface area contributed by atoms with Crippen LogP contribution in [0.4, 0.5) is 0 Å². The fraction of sp³-hybridized carbons (Fsp3) is 0.520. The number of thiazole rings is 1. The lowest BCUT2D eigenvalue weighted by Crippen LogP contribution is -2.58. The number of aryl methyl sites for hydroxylation is 1. The first-order valence-electron chi connectivity index (χ1n) is 11.6. The molecule has 0 aliphatic carbocycles. The van der Waals surface area contributed by atoms with Crippen LogP contribution in [0.1, 0.15) is 51.4 Å². The summed E-state index contributed by atoms with van der Waals surface area (Å²) < 4.78 is 0. The van der Waals surface area contributed by atoms with Crippen LogP contribution in [0.15, 0.2) is 29.8 Å². The van der Waals surface area contributed by atoms with E-state index in [2.05, 4.69) is 15.6 Å². The minimum atomic E-state index is -0.880. The van der Waals surface area contributed by atoms with Crippen molar-refractivity contribution in [2.45, 2.75) is 65.3 Å². The van der Waals surface area contributed by atoms with E-state index in [1.54, 1.807) is 11.3 Å². The van der Waals surface area contributed by atoms with Gasteiger partial charge in [-0.05, 0) is 30.4 Å². The largest absolute Gasteiger partial charge is 0.391 e. The van der Waals surface area contributed by atoms with E-state index in [4.69, 9.17) is 11.6 Å². The minimum absolute atomic E-state index is 0.0253. The molecule has 8 nitrogen and oxygen atoms in total. The number of rotatable bonds is 7. The molecular formula is C25H33ClN4O4S. The third-order valence-electron chi connectivity index (χ3n) is 6.18. The quantitative estimate of drug-likeness (QED) is 0.486. The highest BCUT2D eigenvalue weighted by atomic mass is 35.5. The number of nitrogens with one attached hydrogen (secondary N) is 2. The van der Waals surface area contributed by atoms with Crippen molar-refractivity contribution in [2.75, 3.05) is 12.4 Å². The Kier molecular flexibility index (Phi) is 8.56. The maximum atomic E-state index is 13.4. The maximum Gasteiger partial charge on any atom is 0.246 e. The fourth-order valence-corrected chi connectivity index (χ4v) is 5.10. The molecule has 1 saturated heterocycles. The molecule has 3 amide bonds. The molecule has 1 fully saturated rings. The Bertz CT molecular complexity index is 1070. The average Bonchev–Trinajstić information content (AvgIpc) is 3.41. The van der Waals surface area contributed by atoms with Crippen LogP contribution in [0.5, 0.6) is 0 Å². The molecule has 0 radical (unpaired) electrons. The Morgan fingerprint density at radius 1 is 1.23 bits per heavy atom. The number of nitrogens with zero attached hydrogens (tertiary/aromatic N) is 2. The number of aromatic nitrogens is 1.